The van der Waals surface area contributed by atoms with Crippen molar-refractivity contribution in [2.24, 2.45) is 0 Å². The molecular formula is C10H7BrO2S. The molecule has 0 amide bonds. The molecule has 0 radical (unpaired) electrons. The van der Waals surface area contributed by atoms with Crippen LogP contribution in [-0.2, 0) is 16.1 Å². The number of rotatable bonds is 3. The first-order valence-electron chi connectivity index (χ1n) is 4.02. The van der Waals surface area contributed by atoms with Crippen molar-refractivity contribution < 1.29 is 9.53 Å². The van der Waals surface area contributed by atoms with Gasteiger partial charge in [0.1, 0.15) is 6.61 Å². The minimum Gasteiger partial charge on any atom is -0.463 e. The van der Waals surface area contributed by atoms with E-state index in [1.54, 1.807) is 11.3 Å². The zero-order valence-electron chi connectivity index (χ0n) is 7.20. The molecule has 0 unspecified atom stereocenters. The second-order valence-corrected chi connectivity index (χ2v) is 4.59. The highest BCUT2D eigenvalue weighted by atomic mass is 79.9. The van der Waals surface area contributed by atoms with Gasteiger partial charge in [0.25, 0.3) is 6.47 Å². The van der Waals surface area contributed by atoms with E-state index in [9.17, 15) is 4.79 Å². The first-order chi connectivity index (χ1) is 6.81. The van der Waals surface area contributed by atoms with E-state index in [1.807, 2.05) is 18.2 Å². The Labute approximate surface area is 93.6 Å². The van der Waals surface area contributed by atoms with Crippen molar-refractivity contribution in [3.05, 3.63) is 33.6 Å². The lowest BCUT2D eigenvalue weighted by Crippen LogP contribution is -1.88. The second kappa shape index (κ2) is 4.11. The van der Waals surface area contributed by atoms with Crippen molar-refractivity contribution in [2.45, 2.75) is 6.61 Å². The van der Waals surface area contributed by atoms with Gasteiger partial charge in [0.05, 0.1) is 0 Å². The lowest BCUT2D eigenvalue weighted by molar-refractivity contribution is -0.129. The van der Waals surface area contributed by atoms with E-state index in [1.165, 1.54) is 10.1 Å². The largest absolute Gasteiger partial charge is 0.463 e. The first-order valence-corrected chi connectivity index (χ1v) is 5.69. The minimum atomic E-state index is 0.335. The molecule has 1 aromatic heterocycles. The molecule has 0 aliphatic rings. The van der Waals surface area contributed by atoms with Crippen LogP contribution in [0.3, 0.4) is 0 Å². The van der Waals surface area contributed by atoms with Gasteiger partial charge >= 0.3 is 0 Å². The SMILES string of the molecule is O=COCc1ccc2scc(Br)c2c1. The van der Waals surface area contributed by atoms with Crippen molar-refractivity contribution in [1.29, 1.82) is 0 Å². The number of carbonyl (C=O) groups is 1. The summed E-state index contributed by atoms with van der Waals surface area (Å²) in [5, 5.41) is 3.22. The number of hydrogen-bond donors (Lipinski definition) is 0. The molecule has 0 aliphatic heterocycles. The smallest absolute Gasteiger partial charge is 0.293 e. The minimum absolute atomic E-state index is 0.335. The van der Waals surface area contributed by atoms with Crippen molar-refractivity contribution in [3.63, 3.8) is 0 Å². The summed E-state index contributed by atoms with van der Waals surface area (Å²) in [4.78, 5) is 10.0. The highest BCUT2D eigenvalue weighted by molar-refractivity contribution is 9.10. The van der Waals surface area contributed by atoms with E-state index < -0.39 is 0 Å². The van der Waals surface area contributed by atoms with Crippen molar-refractivity contribution in [2.75, 3.05) is 0 Å². The molecule has 0 saturated carbocycles. The van der Waals surface area contributed by atoms with Gasteiger partial charge in [0.2, 0.25) is 0 Å². The number of carbonyl (C=O) groups excluding carboxylic acids is 1. The molecule has 0 saturated heterocycles. The molecule has 0 spiro atoms. The molecule has 2 rings (SSSR count). The van der Waals surface area contributed by atoms with Crippen molar-refractivity contribution in [1.82, 2.24) is 0 Å². The third-order valence-electron chi connectivity index (χ3n) is 1.91. The predicted molar refractivity (Wildman–Crippen MR) is 60.4 cm³/mol. The van der Waals surface area contributed by atoms with Gasteiger partial charge in [-0.05, 0) is 33.6 Å². The Morgan fingerprint density at radius 1 is 1.50 bits per heavy atom. The molecule has 14 heavy (non-hydrogen) atoms. The summed E-state index contributed by atoms with van der Waals surface area (Å²) in [5.41, 5.74) is 1.00. The van der Waals surface area contributed by atoms with Crippen LogP contribution in [0.1, 0.15) is 5.56 Å². The average Bonchev–Trinajstić information content (AvgIpc) is 2.57. The van der Waals surface area contributed by atoms with E-state index >= 15 is 0 Å². The third-order valence-corrected chi connectivity index (χ3v) is 3.83. The van der Waals surface area contributed by atoms with Crippen LogP contribution in [0.25, 0.3) is 10.1 Å². The molecule has 0 aliphatic carbocycles. The summed E-state index contributed by atoms with van der Waals surface area (Å²) >= 11 is 5.16. The molecule has 0 atom stereocenters. The maximum absolute atomic E-state index is 10.0. The molecular weight excluding hydrogens is 264 g/mol. The molecule has 0 N–H and O–H groups in total. The maximum Gasteiger partial charge on any atom is 0.293 e. The van der Waals surface area contributed by atoms with Crippen LogP contribution in [0.5, 0.6) is 0 Å². The molecule has 1 heterocycles. The van der Waals surface area contributed by atoms with Crippen LogP contribution in [0.2, 0.25) is 0 Å². The summed E-state index contributed by atoms with van der Waals surface area (Å²) in [7, 11) is 0. The fourth-order valence-electron chi connectivity index (χ4n) is 1.27. The van der Waals surface area contributed by atoms with Gasteiger partial charge in [0.15, 0.2) is 0 Å². The van der Waals surface area contributed by atoms with Crippen LogP contribution in [0.4, 0.5) is 0 Å². The quantitative estimate of drug-likeness (QED) is 0.800. The number of benzene rings is 1. The molecule has 0 fully saturated rings. The van der Waals surface area contributed by atoms with Gasteiger partial charge < -0.3 is 4.74 Å². The Morgan fingerprint density at radius 2 is 2.36 bits per heavy atom. The summed E-state index contributed by atoms with van der Waals surface area (Å²) in [5.74, 6) is 0. The Hall–Kier alpha value is -0.870. The molecule has 72 valence electrons. The summed E-state index contributed by atoms with van der Waals surface area (Å²) in [6.07, 6.45) is 0. The molecule has 4 heteroatoms. The molecule has 2 nitrogen and oxygen atoms in total. The van der Waals surface area contributed by atoms with Gasteiger partial charge in [-0.15, -0.1) is 11.3 Å². The van der Waals surface area contributed by atoms with E-state index in [4.69, 9.17) is 4.74 Å². The molecule has 1 aromatic carbocycles. The number of ether oxygens (including phenoxy) is 1. The maximum atomic E-state index is 10.0. The highest BCUT2D eigenvalue weighted by Gasteiger charge is 2.02. The van der Waals surface area contributed by atoms with Crippen molar-refractivity contribution in [3.8, 4) is 0 Å². The van der Waals surface area contributed by atoms with E-state index in [0.717, 1.165) is 10.0 Å². The Morgan fingerprint density at radius 3 is 3.14 bits per heavy atom. The monoisotopic (exact) mass is 270 g/mol. The van der Waals surface area contributed by atoms with Crippen LogP contribution >= 0.6 is 27.3 Å². The predicted octanol–water partition coefficient (Wildman–Crippen LogP) is 3.34. The van der Waals surface area contributed by atoms with Gasteiger partial charge in [-0.3, -0.25) is 4.79 Å². The van der Waals surface area contributed by atoms with Gasteiger partial charge in [-0.1, -0.05) is 6.07 Å². The second-order valence-electron chi connectivity index (χ2n) is 2.82. The normalized spacial score (nSPS) is 10.4. The topological polar surface area (TPSA) is 26.3 Å². The first kappa shape index (κ1) is 9.68. The number of hydrogen-bond acceptors (Lipinski definition) is 3. The summed E-state index contributed by atoms with van der Waals surface area (Å²) in [6.45, 7) is 0.800. The lowest BCUT2D eigenvalue weighted by atomic mass is 10.2. The number of thiophene rings is 1. The van der Waals surface area contributed by atoms with E-state index in [2.05, 4.69) is 21.3 Å². The number of halogens is 1. The molecule has 2 aromatic rings. The highest BCUT2D eigenvalue weighted by Crippen LogP contribution is 2.30. The fraction of sp³-hybridized carbons (Fsp3) is 0.100. The zero-order chi connectivity index (χ0) is 9.97. The molecule has 0 bridgehead atoms. The van der Waals surface area contributed by atoms with Crippen LogP contribution in [0.15, 0.2) is 28.1 Å². The Kier molecular flexibility index (Phi) is 2.84. The van der Waals surface area contributed by atoms with E-state index in [0.29, 0.717) is 13.1 Å². The standard InChI is InChI=1S/C10H7BrO2S/c11-9-5-14-10-2-1-7(3-8(9)10)4-13-6-12/h1-3,5-6H,4H2. The summed E-state index contributed by atoms with van der Waals surface area (Å²) < 4.78 is 7.01. The third kappa shape index (κ3) is 1.81. The van der Waals surface area contributed by atoms with Gasteiger partial charge in [-0.25, -0.2) is 0 Å². The summed E-state index contributed by atoms with van der Waals surface area (Å²) in [6, 6.07) is 6.03. The fourth-order valence-corrected chi connectivity index (χ4v) is 2.80. The van der Waals surface area contributed by atoms with Crippen LogP contribution < -0.4 is 0 Å². The lowest BCUT2D eigenvalue weighted by Gasteiger charge is -1.99. The van der Waals surface area contributed by atoms with E-state index in [-0.39, 0.29) is 0 Å². The number of fused-ring (bicyclic) bond motifs is 1. The van der Waals surface area contributed by atoms with Crippen LogP contribution in [0, 0.1) is 0 Å². The van der Waals surface area contributed by atoms with Gasteiger partial charge in [0, 0.05) is 19.9 Å². The average molecular weight is 271 g/mol. The Bertz CT molecular complexity index is 464. The van der Waals surface area contributed by atoms with Crippen molar-refractivity contribution >= 4 is 43.8 Å². The zero-order valence-corrected chi connectivity index (χ0v) is 9.60. The van der Waals surface area contributed by atoms with Gasteiger partial charge in [-0.2, -0.15) is 0 Å². The Balaban J connectivity index is 2.39. The van der Waals surface area contributed by atoms with Crippen LogP contribution in [-0.4, -0.2) is 6.47 Å².